The van der Waals surface area contributed by atoms with Crippen LogP contribution in [0.15, 0.2) is 18.3 Å². The molecule has 2 rings (SSSR count). The number of fused-ring (bicyclic) bond motifs is 1. The minimum atomic E-state index is -1.01. The summed E-state index contributed by atoms with van der Waals surface area (Å²) in [5, 5.41) is 15.0. The summed E-state index contributed by atoms with van der Waals surface area (Å²) in [6.07, 6.45) is 1.44. The molecule has 1 amide bonds. The highest BCUT2D eigenvalue weighted by atomic mass is 16.4. The van der Waals surface area contributed by atoms with E-state index in [0.717, 1.165) is 5.56 Å². The Labute approximate surface area is 102 Å². The van der Waals surface area contributed by atoms with Crippen LogP contribution >= 0.6 is 0 Å². The second kappa shape index (κ2) is 4.82. The zero-order valence-corrected chi connectivity index (χ0v) is 9.75. The molecule has 0 spiro atoms. The molecule has 0 saturated carbocycles. The van der Waals surface area contributed by atoms with Crippen molar-refractivity contribution in [3.8, 4) is 0 Å². The standard InChI is InChI=1S/C11H12N4O3/c1-7-4-5-15-8(6-7)12-11(14-15)13-9(16)2-3-10(17)18/h4-6H,2-3H2,1H3,(H,17,18)(H,13,14,16). The summed E-state index contributed by atoms with van der Waals surface area (Å²) in [5.74, 6) is -1.25. The van der Waals surface area contributed by atoms with Crippen LogP contribution in [0.2, 0.25) is 0 Å². The lowest BCUT2D eigenvalue weighted by molar-refractivity contribution is -0.138. The first-order chi connectivity index (χ1) is 8.54. The fraction of sp³-hybridized carbons (Fsp3) is 0.273. The van der Waals surface area contributed by atoms with Crippen LogP contribution in [-0.4, -0.2) is 31.6 Å². The Morgan fingerprint density at radius 3 is 2.94 bits per heavy atom. The molecule has 2 N–H and O–H groups in total. The van der Waals surface area contributed by atoms with Crippen molar-refractivity contribution in [1.29, 1.82) is 0 Å². The highest BCUT2D eigenvalue weighted by Gasteiger charge is 2.09. The van der Waals surface area contributed by atoms with Gasteiger partial charge >= 0.3 is 5.97 Å². The molecule has 0 aromatic carbocycles. The van der Waals surface area contributed by atoms with Crippen molar-refractivity contribution in [1.82, 2.24) is 14.6 Å². The number of hydrogen-bond donors (Lipinski definition) is 2. The topological polar surface area (TPSA) is 96.6 Å². The lowest BCUT2D eigenvalue weighted by atomic mass is 10.3. The van der Waals surface area contributed by atoms with E-state index in [1.54, 1.807) is 10.7 Å². The predicted octanol–water partition coefficient (Wildman–Crippen LogP) is 0.841. The number of aromatic nitrogens is 3. The van der Waals surface area contributed by atoms with Crippen molar-refractivity contribution >= 4 is 23.5 Å². The summed E-state index contributed by atoms with van der Waals surface area (Å²) in [6, 6.07) is 3.71. The summed E-state index contributed by atoms with van der Waals surface area (Å²) in [5.41, 5.74) is 1.67. The van der Waals surface area contributed by atoms with Crippen molar-refractivity contribution in [3.05, 3.63) is 23.9 Å². The average Bonchev–Trinajstić information content (AvgIpc) is 2.67. The first kappa shape index (κ1) is 12.0. The quantitative estimate of drug-likeness (QED) is 0.835. The molecule has 94 valence electrons. The number of carbonyl (C=O) groups excluding carboxylic acids is 1. The number of nitrogens with one attached hydrogen (secondary N) is 1. The number of carboxylic acid groups (broad SMARTS) is 1. The van der Waals surface area contributed by atoms with Crippen molar-refractivity contribution in [2.45, 2.75) is 19.8 Å². The van der Waals surface area contributed by atoms with Crippen molar-refractivity contribution in [3.63, 3.8) is 0 Å². The van der Waals surface area contributed by atoms with E-state index in [1.807, 2.05) is 19.1 Å². The van der Waals surface area contributed by atoms with Crippen LogP contribution in [-0.2, 0) is 9.59 Å². The van der Waals surface area contributed by atoms with Crippen molar-refractivity contribution in [2.75, 3.05) is 5.32 Å². The van der Waals surface area contributed by atoms with E-state index in [-0.39, 0.29) is 18.8 Å². The van der Waals surface area contributed by atoms with Crippen molar-refractivity contribution in [2.24, 2.45) is 0 Å². The van der Waals surface area contributed by atoms with E-state index in [0.29, 0.717) is 5.65 Å². The minimum Gasteiger partial charge on any atom is -0.481 e. The third-order valence-electron chi connectivity index (χ3n) is 2.31. The number of nitrogens with zero attached hydrogens (tertiary/aromatic N) is 3. The number of pyridine rings is 1. The molecule has 0 unspecified atom stereocenters. The van der Waals surface area contributed by atoms with E-state index in [2.05, 4.69) is 15.4 Å². The zero-order chi connectivity index (χ0) is 13.1. The van der Waals surface area contributed by atoms with Crippen LogP contribution in [0.4, 0.5) is 5.95 Å². The molecule has 0 saturated heterocycles. The van der Waals surface area contributed by atoms with Crippen LogP contribution < -0.4 is 5.32 Å². The fourth-order valence-corrected chi connectivity index (χ4v) is 1.44. The molecule has 0 bridgehead atoms. The molecule has 0 aliphatic carbocycles. The van der Waals surface area contributed by atoms with Gasteiger partial charge in [0, 0.05) is 12.6 Å². The molecule has 0 fully saturated rings. The van der Waals surface area contributed by atoms with E-state index in [1.165, 1.54) is 0 Å². The van der Waals surface area contributed by atoms with Gasteiger partial charge < -0.3 is 5.11 Å². The van der Waals surface area contributed by atoms with E-state index in [4.69, 9.17) is 5.11 Å². The van der Waals surface area contributed by atoms with Gasteiger partial charge in [-0.2, -0.15) is 4.98 Å². The maximum Gasteiger partial charge on any atom is 0.303 e. The molecular weight excluding hydrogens is 236 g/mol. The second-order valence-electron chi connectivity index (χ2n) is 3.88. The highest BCUT2D eigenvalue weighted by Crippen LogP contribution is 2.07. The van der Waals surface area contributed by atoms with Gasteiger partial charge in [-0.3, -0.25) is 14.9 Å². The third kappa shape index (κ3) is 2.82. The van der Waals surface area contributed by atoms with Gasteiger partial charge in [-0.05, 0) is 24.6 Å². The first-order valence-electron chi connectivity index (χ1n) is 5.39. The van der Waals surface area contributed by atoms with Gasteiger partial charge in [0.05, 0.1) is 6.42 Å². The molecule has 7 heteroatoms. The number of carbonyl (C=O) groups is 2. The van der Waals surface area contributed by atoms with Gasteiger partial charge in [0.2, 0.25) is 11.9 Å². The molecule has 2 aromatic heterocycles. The number of carboxylic acids is 1. The Bertz CT molecular complexity index is 605. The van der Waals surface area contributed by atoms with Crippen molar-refractivity contribution < 1.29 is 14.7 Å². The normalized spacial score (nSPS) is 10.5. The molecule has 18 heavy (non-hydrogen) atoms. The number of anilines is 1. The van der Waals surface area contributed by atoms with E-state index in [9.17, 15) is 9.59 Å². The Hall–Kier alpha value is -2.44. The maximum absolute atomic E-state index is 11.4. The highest BCUT2D eigenvalue weighted by molar-refractivity contribution is 5.91. The summed E-state index contributed by atoms with van der Waals surface area (Å²) in [6.45, 7) is 1.93. The third-order valence-corrected chi connectivity index (χ3v) is 2.31. The van der Waals surface area contributed by atoms with Crippen LogP contribution in [0, 0.1) is 6.92 Å². The Morgan fingerprint density at radius 1 is 1.44 bits per heavy atom. The van der Waals surface area contributed by atoms with E-state index < -0.39 is 11.9 Å². The lowest BCUT2D eigenvalue weighted by Gasteiger charge is -1.97. The Kier molecular flexibility index (Phi) is 3.22. The second-order valence-corrected chi connectivity index (χ2v) is 3.88. The molecule has 2 aromatic rings. The number of hydrogen-bond acceptors (Lipinski definition) is 4. The summed E-state index contributed by atoms with van der Waals surface area (Å²) < 4.78 is 1.54. The fourth-order valence-electron chi connectivity index (χ4n) is 1.44. The van der Waals surface area contributed by atoms with E-state index >= 15 is 0 Å². The van der Waals surface area contributed by atoms with Gasteiger partial charge in [0.15, 0.2) is 5.65 Å². The molecule has 0 radical (unpaired) electrons. The number of aliphatic carboxylic acids is 1. The molecule has 2 heterocycles. The number of aryl methyl sites for hydroxylation is 1. The van der Waals surface area contributed by atoms with Gasteiger partial charge in [-0.15, -0.1) is 5.10 Å². The molecule has 0 aliphatic heterocycles. The molecular formula is C11H12N4O3. The summed E-state index contributed by atoms with van der Waals surface area (Å²) in [4.78, 5) is 25.8. The van der Waals surface area contributed by atoms with Crippen LogP contribution in [0.25, 0.3) is 5.65 Å². The monoisotopic (exact) mass is 248 g/mol. The van der Waals surface area contributed by atoms with Gasteiger partial charge in [0.25, 0.3) is 0 Å². The van der Waals surface area contributed by atoms with Gasteiger partial charge in [-0.1, -0.05) is 0 Å². The zero-order valence-electron chi connectivity index (χ0n) is 9.75. The molecule has 7 nitrogen and oxygen atoms in total. The minimum absolute atomic E-state index is 0.0933. The van der Waals surface area contributed by atoms with Gasteiger partial charge in [-0.25, -0.2) is 4.52 Å². The van der Waals surface area contributed by atoms with Crippen LogP contribution in [0.3, 0.4) is 0 Å². The number of rotatable bonds is 4. The SMILES string of the molecule is Cc1ccn2nc(NC(=O)CCC(=O)O)nc2c1. The average molecular weight is 248 g/mol. The largest absolute Gasteiger partial charge is 0.481 e. The Morgan fingerprint density at radius 2 is 2.22 bits per heavy atom. The predicted molar refractivity (Wildman–Crippen MR) is 63.2 cm³/mol. The molecule has 0 atom stereocenters. The molecule has 0 aliphatic rings. The Balaban J connectivity index is 2.07. The maximum atomic E-state index is 11.4. The smallest absolute Gasteiger partial charge is 0.303 e. The van der Waals surface area contributed by atoms with Crippen LogP contribution in [0.5, 0.6) is 0 Å². The summed E-state index contributed by atoms with van der Waals surface area (Å²) >= 11 is 0. The summed E-state index contributed by atoms with van der Waals surface area (Å²) in [7, 11) is 0. The lowest BCUT2D eigenvalue weighted by Crippen LogP contribution is -2.14. The first-order valence-corrected chi connectivity index (χ1v) is 5.39. The van der Waals surface area contributed by atoms with Gasteiger partial charge in [0.1, 0.15) is 0 Å². The number of amides is 1. The van der Waals surface area contributed by atoms with Crippen LogP contribution in [0.1, 0.15) is 18.4 Å².